The third-order valence-corrected chi connectivity index (χ3v) is 1.68. The highest BCUT2D eigenvalue weighted by atomic mass is 16.1. The van der Waals surface area contributed by atoms with Gasteiger partial charge < -0.3 is 11.1 Å². The van der Waals surface area contributed by atoms with Gasteiger partial charge in [0.05, 0.1) is 0 Å². The average Bonchev–Trinajstić information content (AvgIpc) is 2.09. The van der Waals surface area contributed by atoms with Crippen LogP contribution >= 0.6 is 0 Å². The van der Waals surface area contributed by atoms with Crippen LogP contribution in [0.2, 0.25) is 0 Å². The Morgan fingerprint density at radius 1 is 1.69 bits per heavy atom. The Hall–Kier alpha value is -1.36. The molecule has 0 aliphatic heterocycles. The number of nitrogen functional groups attached to an aromatic ring is 1. The molecule has 5 nitrogen and oxygen atoms in total. The molecule has 1 rings (SSSR count). The lowest BCUT2D eigenvalue weighted by Crippen LogP contribution is -2.28. The quantitative estimate of drug-likeness (QED) is 0.612. The molecule has 5 heteroatoms. The molecule has 0 saturated heterocycles. The minimum absolute atomic E-state index is 0.268. The number of likely N-dealkylation sites (N-methyl/N-ethyl adjacent to an activating group) is 1. The zero-order valence-electron chi connectivity index (χ0n) is 7.66. The summed E-state index contributed by atoms with van der Waals surface area (Å²) in [5, 5.41) is 3.12. The van der Waals surface area contributed by atoms with E-state index < -0.39 is 0 Å². The smallest absolute Gasteiger partial charge is 0.349 e. The highest BCUT2D eigenvalue weighted by Gasteiger charge is 1.95. The lowest BCUT2D eigenvalue weighted by Gasteiger charge is -2.04. The number of rotatable bonds is 4. The first-order chi connectivity index (χ1) is 6.24. The minimum atomic E-state index is -0.294. The van der Waals surface area contributed by atoms with E-state index in [0.29, 0.717) is 6.54 Å². The second-order valence-corrected chi connectivity index (χ2v) is 2.68. The molecule has 0 atom stereocenters. The van der Waals surface area contributed by atoms with Crippen molar-refractivity contribution >= 4 is 5.82 Å². The van der Waals surface area contributed by atoms with Crippen LogP contribution in [0, 0.1) is 0 Å². The molecule has 0 aliphatic carbocycles. The van der Waals surface area contributed by atoms with Gasteiger partial charge in [-0.1, -0.05) is 6.92 Å². The van der Waals surface area contributed by atoms with Gasteiger partial charge in [0.1, 0.15) is 5.82 Å². The van der Waals surface area contributed by atoms with Gasteiger partial charge in [-0.2, -0.15) is 4.98 Å². The van der Waals surface area contributed by atoms with E-state index >= 15 is 0 Å². The van der Waals surface area contributed by atoms with E-state index in [1.165, 1.54) is 4.57 Å². The van der Waals surface area contributed by atoms with E-state index in [4.69, 9.17) is 5.73 Å². The minimum Gasteiger partial charge on any atom is -0.383 e. The Morgan fingerprint density at radius 3 is 3.08 bits per heavy atom. The van der Waals surface area contributed by atoms with Crippen LogP contribution in [0.1, 0.15) is 6.92 Å². The van der Waals surface area contributed by atoms with Crippen molar-refractivity contribution in [2.45, 2.75) is 13.5 Å². The fraction of sp³-hybridized carbons (Fsp3) is 0.500. The van der Waals surface area contributed by atoms with Crippen LogP contribution in [0.5, 0.6) is 0 Å². The summed E-state index contributed by atoms with van der Waals surface area (Å²) < 4.78 is 1.53. The summed E-state index contributed by atoms with van der Waals surface area (Å²) in [7, 11) is 0. The van der Waals surface area contributed by atoms with Crippen molar-refractivity contribution in [1.82, 2.24) is 14.9 Å². The second-order valence-electron chi connectivity index (χ2n) is 2.68. The predicted octanol–water partition coefficient (Wildman–Crippen LogP) is -0.565. The number of aromatic nitrogens is 2. The number of nitrogens with one attached hydrogen (secondary N) is 1. The Kier molecular flexibility index (Phi) is 3.45. The molecule has 0 unspecified atom stereocenters. The van der Waals surface area contributed by atoms with E-state index in [1.807, 2.05) is 6.92 Å². The zero-order chi connectivity index (χ0) is 9.68. The van der Waals surface area contributed by atoms with Gasteiger partial charge in [-0.25, -0.2) is 4.79 Å². The maximum absolute atomic E-state index is 11.2. The summed E-state index contributed by atoms with van der Waals surface area (Å²) >= 11 is 0. The second kappa shape index (κ2) is 4.61. The fourth-order valence-electron chi connectivity index (χ4n) is 0.988. The van der Waals surface area contributed by atoms with Crippen LogP contribution in [-0.4, -0.2) is 22.6 Å². The summed E-state index contributed by atoms with van der Waals surface area (Å²) in [6, 6.07) is 1.62. The van der Waals surface area contributed by atoms with E-state index in [2.05, 4.69) is 10.3 Å². The molecule has 0 spiro atoms. The number of hydrogen-bond acceptors (Lipinski definition) is 4. The molecule has 0 radical (unpaired) electrons. The molecule has 3 N–H and O–H groups in total. The van der Waals surface area contributed by atoms with Crippen molar-refractivity contribution in [2.75, 3.05) is 18.8 Å². The van der Waals surface area contributed by atoms with Gasteiger partial charge in [0.2, 0.25) is 0 Å². The third kappa shape index (κ3) is 2.87. The molecule has 0 bridgehead atoms. The largest absolute Gasteiger partial charge is 0.383 e. The van der Waals surface area contributed by atoms with Crippen molar-refractivity contribution in [1.29, 1.82) is 0 Å². The topological polar surface area (TPSA) is 72.9 Å². The Morgan fingerprint density at radius 2 is 2.46 bits per heavy atom. The summed E-state index contributed by atoms with van der Waals surface area (Å²) in [5.41, 5.74) is 5.05. The predicted molar refractivity (Wildman–Crippen MR) is 51.5 cm³/mol. The molecular formula is C8H14N4O. The summed E-state index contributed by atoms with van der Waals surface area (Å²) in [4.78, 5) is 14.8. The van der Waals surface area contributed by atoms with Crippen LogP contribution in [0.3, 0.4) is 0 Å². The van der Waals surface area contributed by atoms with Gasteiger partial charge in [0.15, 0.2) is 0 Å². The summed E-state index contributed by atoms with van der Waals surface area (Å²) in [5.74, 6) is 0.268. The molecule has 72 valence electrons. The summed E-state index contributed by atoms with van der Waals surface area (Å²) in [6.45, 7) is 4.31. The summed E-state index contributed by atoms with van der Waals surface area (Å²) in [6.07, 6.45) is 1.65. The van der Waals surface area contributed by atoms with E-state index in [-0.39, 0.29) is 11.5 Å². The first kappa shape index (κ1) is 9.73. The molecule has 0 saturated carbocycles. The maximum Gasteiger partial charge on any atom is 0.349 e. The van der Waals surface area contributed by atoms with Crippen molar-refractivity contribution in [3.8, 4) is 0 Å². The van der Waals surface area contributed by atoms with E-state index in [0.717, 1.165) is 13.1 Å². The zero-order valence-corrected chi connectivity index (χ0v) is 7.66. The normalized spacial score (nSPS) is 10.2. The lowest BCUT2D eigenvalue weighted by atomic mass is 10.5. The average molecular weight is 182 g/mol. The molecular weight excluding hydrogens is 168 g/mol. The van der Waals surface area contributed by atoms with E-state index in [1.54, 1.807) is 12.3 Å². The van der Waals surface area contributed by atoms with Gasteiger partial charge in [-0.15, -0.1) is 0 Å². The van der Waals surface area contributed by atoms with Crippen molar-refractivity contribution in [3.05, 3.63) is 22.7 Å². The van der Waals surface area contributed by atoms with Crippen molar-refractivity contribution in [3.63, 3.8) is 0 Å². The number of nitrogens with two attached hydrogens (primary N) is 1. The molecule has 13 heavy (non-hydrogen) atoms. The number of anilines is 1. The SMILES string of the molecule is CCNCCn1ccc(N)nc1=O. The molecule has 0 fully saturated rings. The van der Waals surface area contributed by atoms with Gasteiger partial charge in [0, 0.05) is 19.3 Å². The molecule has 1 aromatic heterocycles. The molecule has 0 aliphatic rings. The van der Waals surface area contributed by atoms with Crippen LogP contribution < -0.4 is 16.7 Å². The maximum atomic E-state index is 11.2. The Labute approximate surface area is 76.6 Å². The first-order valence-electron chi connectivity index (χ1n) is 4.27. The molecule has 1 aromatic rings. The van der Waals surface area contributed by atoms with Crippen LogP contribution in [0.4, 0.5) is 5.82 Å². The number of nitrogens with zero attached hydrogens (tertiary/aromatic N) is 2. The Bertz CT molecular complexity index is 320. The van der Waals surface area contributed by atoms with Gasteiger partial charge in [0.25, 0.3) is 0 Å². The molecule has 0 aromatic carbocycles. The number of hydrogen-bond donors (Lipinski definition) is 2. The monoisotopic (exact) mass is 182 g/mol. The van der Waals surface area contributed by atoms with Crippen LogP contribution in [0.15, 0.2) is 17.1 Å². The fourth-order valence-corrected chi connectivity index (χ4v) is 0.988. The highest BCUT2D eigenvalue weighted by Crippen LogP contribution is 1.88. The molecule has 1 heterocycles. The Balaban J connectivity index is 2.62. The van der Waals surface area contributed by atoms with E-state index in [9.17, 15) is 4.79 Å². The molecule has 0 amide bonds. The lowest BCUT2D eigenvalue weighted by molar-refractivity contribution is 0.589. The van der Waals surface area contributed by atoms with Gasteiger partial charge in [-0.3, -0.25) is 4.57 Å². The van der Waals surface area contributed by atoms with Crippen molar-refractivity contribution in [2.24, 2.45) is 0 Å². The standard InChI is InChI=1S/C8H14N4O/c1-2-10-4-6-12-5-3-7(9)11-8(12)13/h3,5,10H,2,4,6H2,1H3,(H2,9,11,13). The third-order valence-electron chi connectivity index (χ3n) is 1.68. The van der Waals surface area contributed by atoms with Gasteiger partial charge >= 0.3 is 5.69 Å². The highest BCUT2D eigenvalue weighted by molar-refractivity contribution is 5.23. The van der Waals surface area contributed by atoms with Crippen molar-refractivity contribution < 1.29 is 0 Å². The van der Waals surface area contributed by atoms with Crippen LogP contribution in [-0.2, 0) is 6.54 Å². The van der Waals surface area contributed by atoms with Crippen LogP contribution in [0.25, 0.3) is 0 Å². The first-order valence-corrected chi connectivity index (χ1v) is 4.27. The van der Waals surface area contributed by atoms with Gasteiger partial charge in [-0.05, 0) is 12.6 Å².